The van der Waals surface area contributed by atoms with Crippen LogP contribution in [0.15, 0.2) is 0 Å². The summed E-state index contributed by atoms with van der Waals surface area (Å²) in [5.74, 6) is 0. The molecule has 0 aromatic carbocycles. The fourth-order valence-corrected chi connectivity index (χ4v) is 3.44. The van der Waals surface area contributed by atoms with Gasteiger partial charge in [0.05, 0.1) is 0 Å². The third-order valence-corrected chi connectivity index (χ3v) is 5.86. The molecule has 2 unspecified atom stereocenters. The zero-order chi connectivity index (χ0) is 9.78. The lowest BCUT2D eigenvalue weighted by Gasteiger charge is -2.15. The molecule has 0 aliphatic rings. The predicted octanol–water partition coefficient (Wildman–Crippen LogP) is 3.46. The van der Waals surface area contributed by atoms with E-state index in [-0.39, 0.29) is 12.1 Å². The van der Waals surface area contributed by atoms with Crippen LogP contribution in [0.5, 0.6) is 0 Å². The van der Waals surface area contributed by atoms with Gasteiger partial charge < -0.3 is 4.57 Å². The summed E-state index contributed by atoms with van der Waals surface area (Å²) >= 11 is 10.9. The summed E-state index contributed by atoms with van der Waals surface area (Å²) in [6, 6.07) is 0. The zero-order valence-electron chi connectivity index (χ0n) is 7.22. The van der Waals surface area contributed by atoms with Crippen molar-refractivity contribution in [2.45, 2.75) is 32.3 Å². The third-order valence-electron chi connectivity index (χ3n) is 1.64. The number of hydrogen-bond acceptors (Lipinski definition) is 2. The topological polar surface area (TPSA) is 34.1 Å². The lowest BCUT2D eigenvalue weighted by atomic mass is 10.4. The lowest BCUT2D eigenvalue weighted by molar-refractivity contribution is -0.111. The van der Waals surface area contributed by atoms with E-state index < -0.39 is 11.7 Å². The quantitative estimate of drug-likeness (QED) is 0.536. The molecule has 0 aromatic heterocycles. The van der Waals surface area contributed by atoms with Gasteiger partial charge in [-0.3, -0.25) is 4.79 Å². The summed E-state index contributed by atoms with van der Waals surface area (Å²) in [6.45, 7) is 0.935. The van der Waals surface area contributed by atoms with E-state index in [4.69, 9.17) is 22.8 Å². The molecule has 0 saturated heterocycles. The van der Waals surface area contributed by atoms with E-state index in [1.807, 2.05) is 6.92 Å². The van der Waals surface area contributed by atoms with Gasteiger partial charge in [0.25, 0.3) is 0 Å². The predicted molar refractivity (Wildman–Crippen MR) is 53.6 cm³/mol. The van der Waals surface area contributed by atoms with Crippen molar-refractivity contribution in [1.29, 1.82) is 0 Å². The molecule has 0 saturated carbocycles. The Kier molecular flexibility index (Phi) is 5.47. The molecule has 0 N–H and O–H groups in total. The highest BCUT2D eigenvalue weighted by atomic mass is 35.7. The Morgan fingerprint density at radius 2 is 2.08 bits per heavy atom. The third kappa shape index (κ3) is 4.49. The van der Waals surface area contributed by atoms with Gasteiger partial charge in [0.15, 0.2) is 6.49 Å². The van der Waals surface area contributed by atoms with E-state index in [9.17, 15) is 9.36 Å². The molecule has 2 atom stereocenters. The van der Waals surface area contributed by atoms with Crippen LogP contribution in [0.25, 0.3) is 0 Å². The number of carbonyl (C=O) groups excluding carboxylic acids is 1. The van der Waals surface area contributed by atoms with E-state index in [0.29, 0.717) is 6.16 Å². The van der Waals surface area contributed by atoms with Gasteiger partial charge in [0, 0.05) is 18.2 Å². The van der Waals surface area contributed by atoms with E-state index in [2.05, 4.69) is 0 Å². The molecule has 0 radical (unpaired) electrons. The molecule has 0 aromatic rings. The van der Waals surface area contributed by atoms with Crippen LogP contribution in [0.1, 0.15) is 26.7 Å². The summed E-state index contributed by atoms with van der Waals surface area (Å²) < 4.78 is 11.6. The first-order valence-electron chi connectivity index (χ1n) is 3.87. The van der Waals surface area contributed by atoms with Crippen molar-refractivity contribution in [3.05, 3.63) is 0 Å². The van der Waals surface area contributed by atoms with Crippen LogP contribution >= 0.6 is 29.3 Å². The van der Waals surface area contributed by atoms with Crippen LogP contribution in [0.3, 0.4) is 0 Å². The molecule has 72 valence electrons. The Bertz CT molecular complexity index is 206. The standard InChI is InChI=1S/C7H13Cl2O2P/c1-3-4-12(9,11)6(2)5-7(8)10/h6H,3-5H2,1-2H3. The Balaban J connectivity index is 4.15. The van der Waals surface area contributed by atoms with Gasteiger partial charge in [0.1, 0.15) is 0 Å². The average molecular weight is 231 g/mol. The number of rotatable bonds is 5. The summed E-state index contributed by atoms with van der Waals surface area (Å²) in [7, 11) is 0. The minimum absolute atomic E-state index is 0.0995. The van der Waals surface area contributed by atoms with Gasteiger partial charge in [-0.15, -0.1) is 0 Å². The highest BCUT2D eigenvalue weighted by molar-refractivity contribution is 7.89. The first kappa shape index (κ1) is 12.5. The fraction of sp³-hybridized carbons (Fsp3) is 0.857. The molecule has 0 bridgehead atoms. The van der Waals surface area contributed by atoms with Gasteiger partial charge in [-0.05, 0) is 18.0 Å². The Morgan fingerprint density at radius 1 is 1.58 bits per heavy atom. The van der Waals surface area contributed by atoms with Crippen LogP contribution in [0.4, 0.5) is 0 Å². The van der Waals surface area contributed by atoms with Gasteiger partial charge in [-0.25, -0.2) is 0 Å². The largest absolute Gasteiger partial charge is 0.306 e. The Labute approximate surface area is 82.8 Å². The second kappa shape index (κ2) is 5.26. The Morgan fingerprint density at radius 3 is 2.42 bits per heavy atom. The SMILES string of the molecule is CCCP(=O)(Cl)C(C)CC(=O)Cl. The van der Waals surface area contributed by atoms with Crippen LogP contribution in [0, 0.1) is 0 Å². The molecule has 2 nitrogen and oxygen atoms in total. The molecular formula is C7H13Cl2O2P. The molecule has 0 aliphatic carbocycles. The summed E-state index contributed by atoms with van der Waals surface area (Å²) in [5, 5.41) is -0.473. The number of carbonyl (C=O) groups is 1. The molecule has 0 rings (SSSR count). The maximum absolute atomic E-state index is 11.6. The average Bonchev–Trinajstić information content (AvgIpc) is 1.85. The Hall–Kier alpha value is 0.480. The van der Waals surface area contributed by atoms with Crippen LogP contribution in [-0.2, 0) is 9.36 Å². The molecule has 0 spiro atoms. The maximum atomic E-state index is 11.6. The van der Waals surface area contributed by atoms with Crippen molar-refractivity contribution in [3.63, 3.8) is 0 Å². The molecular weight excluding hydrogens is 218 g/mol. The zero-order valence-corrected chi connectivity index (χ0v) is 9.62. The monoisotopic (exact) mass is 230 g/mol. The van der Waals surface area contributed by atoms with E-state index in [0.717, 1.165) is 6.42 Å². The highest BCUT2D eigenvalue weighted by Gasteiger charge is 2.27. The van der Waals surface area contributed by atoms with Crippen molar-refractivity contribution in [2.75, 3.05) is 6.16 Å². The molecule has 12 heavy (non-hydrogen) atoms. The minimum Gasteiger partial charge on any atom is -0.306 e. The molecule has 0 heterocycles. The van der Waals surface area contributed by atoms with Gasteiger partial charge in [0.2, 0.25) is 5.24 Å². The van der Waals surface area contributed by atoms with Crippen LogP contribution < -0.4 is 0 Å². The first-order chi connectivity index (χ1) is 5.40. The van der Waals surface area contributed by atoms with Crippen molar-refractivity contribution in [1.82, 2.24) is 0 Å². The summed E-state index contributed by atoms with van der Waals surface area (Å²) in [5.41, 5.74) is -0.302. The number of hydrogen-bond donors (Lipinski definition) is 0. The lowest BCUT2D eigenvalue weighted by Crippen LogP contribution is -2.06. The normalized spacial score (nSPS) is 18.3. The van der Waals surface area contributed by atoms with Crippen molar-refractivity contribution in [3.8, 4) is 0 Å². The van der Waals surface area contributed by atoms with Crippen molar-refractivity contribution < 1.29 is 9.36 Å². The van der Waals surface area contributed by atoms with E-state index in [1.54, 1.807) is 6.92 Å². The summed E-state index contributed by atoms with van der Waals surface area (Å²) in [6.07, 6.45) is 1.34. The smallest absolute Gasteiger partial charge is 0.222 e. The van der Waals surface area contributed by atoms with Crippen LogP contribution in [-0.4, -0.2) is 17.1 Å². The summed E-state index contributed by atoms with van der Waals surface area (Å²) in [4.78, 5) is 10.5. The van der Waals surface area contributed by atoms with Crippen molar-refractivity contribution >= 4 is 34.6 Å². The highest BCUT2D eigenvalue weighted by Crippen LogP contribution is 2.57. The maximum Gasteiger partial charge on any atom is 0.222 e. The molecule has 0 amide bonds. The van der Waals surface area contributed by atoms with Gasteiger partial charge in [-0.2, -0.15) is 0 Å². The fourth-order valence-electron chi connectivity index (χ4n) is 0.894. The van der Waals surface area contributed by atoms with Gasteiger partial charge >= 0.3 is 0 Å². The van der Waals surface area contributed by atoms with Gasteiger partial charge in [-0.1, -0.05) is 25.1 Å². The molecule has 5 heteroatoms. The molecule has 0 aliphatic heterocycles. The van der Waals surface area contributed by atoms with Crippen LogP contribution in [0.2, 0.25) is 0 Å². The second-order valence-electron chi connectivity index (χ2n) is 2.84. The van der Waals surface area contributed by atoms with E-state index in [1.165, 1.54) is 0 Å². The number of halogens is 2. The molecule has 0 fully saturated rings. The minimum atomic E-state index is -2.67. The van der Waals surface area contributed by atoms with Crippen molar-refractivity contribution in [2.24, 2.45) is 0 Å². The van der Waals surface area contributed by atoms with E-state index >= 15 is 0 Å². The first-order valence-corrected chi connectivity index (χ1v) is 7.11. The second-order valence-corrected chi connectivity index (χ2v) is 7.71.